The van der Waals surface area contributed by atoms with E-state index in [0.717, 1.165) is 43.6 Å². The molecule has 3 N–H and O–H groups in total. The molecule has 0 saturated carbocycles. The van der Waals surface area contributed by atoms with Gasteiger partial charge in [0.05, 0.1) is 5.60 Å². The van der Waals surface area contributed by atoms with E-state index in [4.69, 9.17) is 10.5 Å². The Labute approximate surface area is 108 Å². The zero-order valence-corrected chi connectivity index (χ0v) is 10.6. The molecule has 1 aromatic rings. The summed E-state index contributed by atoms with van der Waals surface area (Å²) in [5.41, 5.74) is 7.58. The first-order valence-electron chi connectivity index (χ1n) is 6.84. The van der Waals surface area contributed by atoms with Crippen LogP contribution in [0.3, 0.4) is 0 Å². The van der Waals surface area contributed by atoms with Gasteiger partial charge in [-0.05, 0) is 42.7 Å². The fourth-order valence-electron chi connectivity index (χ4n) is 3.45. The van der Waals surface area contributed by atoms with Crippen LogP contribution in [0.2, 0.25) is 0 Å². The van der Waals surface area contributed by atoms with Gasteiger partial charge in [-0.25, -0.2) is 0 Å². The summed E-state index contributed by atoms with van der Waals surface area (Å²) in [6.07, 6.45) is 3.59. The van der Waals surface area contributed by atoms with Gasteiger partial charge in [-0.3, -0.25) is 0 Å². The smallest absolute Gasteiger partial charge is 0.0920 e. The second kappa shape index (κ2) is 4.65. The van der Waals surface area contributed by atoms with Gasteiger partial charge in [0.2, 0.25) is 0 Å². The van der Waals surface area contributed by atoms with Gasteiger partial charge in [0, 0.05) is 19.3 Å². The lowest BCUT2D eigenvalue weighted by Crippen LogP contribution is -2.29. The normalized spacial score (nSPS) is 32.4. The van der Waals surface area contributed by atoms with Gasteiger partial charge < -0.3 is 15.6 Å². The van der Waals surface area contributed by atoms with E-state index in [-0.39, 0.29) is 6.04 Å². The predicted octanol–water partition coefficient (Wildman–Crippen LogP) is 2.09. The molecular weight excluding hydrogens is 226 g/mol. The van der Waals surface area contributed by atoms with Crippen molar-refractivity contribution in [2.75, 3.05) is 13.2 Å². The zero-order valence-electron chi connectivity index (χ0n) is 10.6. The molecule has 2 unspecified atom stereocenters. The predicted molar refractivity (Wildman–Crippen MR) is 70.0 cm³/mol. The average Bonchev–Trinajstić information content (AvgIpc) is 2.63. The molecule has 2 aliphatic rings. The fraction of sp³-hybridized carbons (Fsp3) is 0.600. The second-order valence-electron chi connectivity index (χ2n) is 5.69. The average molecular weight is 247 g/mol. The van der Waals surface area contributed by atoms with Crippen LogP contribution in [0.5, 0.6) is 0 Å². The lowest BCUT2D eigenvalue weighted by atomic mass is 9.82. The van der Waals surface area contributed by atoms with Crippen LogP contribution in [0, 0.1) is 5.92 Å². The number of benzene rings is 1. The highest BCUT2D eigenvalue weighted by Crippen LogP contribution is 2.46. The first-order chi connectivity index (χ1) is 8.69. The largest absolute Gasteiger partial charge is 0.385 e. The topological polar surface area (TPSA) is 55.5 Å². The first kappa shape index (κ1) is 12.2. The SMILES string of the molecule is NC1CC(O)(CC2CCOCC2)c2ccccc21. The van der Waals surface area contributed by atoms with Gasteiger partial charge in [-0.15, -0.1) is 0 Å². The molecular formula is C15H21NO2. The van der Waals surface area contributed by atoms with Gasteiger partial charge in [0.25, 0.3) is 0 Å². The Balaban J connectivity index is 1.82. The van der Waals surface area contributed by atoms with Crippen molar-refractivity contribution < 1.29 is 9.84 Å². The van der Waals surface area contributed by atoms with E-state index in [9.17, 15) is 5.11 Å². The highest BCUT2D eigenvalue weighted by Gasteiger charge is 2.42. The lowest BCUT2D eigenvalue weighted by molar-refractivity contribution is -0.0172. The van der Waals surface area contributed by atoms with Gasteiger partial charge in [0.15, 0.2) is 0 Å². The van der Waals surface area contributed by atoms with Crippen molar-refractivity contribution in [3.63, 3.8) is 0 Å². The van der Waals surface area contributed by atoms with E-state index in [1.54, 1.807) is 0 Å². The van der Waals surface area contributed by atoms with E-state index in [0.29, 0.717) is 12.3 Å². The summed E-state index contributed by atoms with van der Waals surface area (Å²) < 4.78 is 5.38. The van der Waals surface area contributed by atoms with Gasteiger partial charge >= 0.3 is 0 Å². The molecule has 98 valence electrons. The lowest BCUT2D eigenvalue weighted by Gasteiger charge is -2.31. The molecule has 0 aromatic heterocycles. The third-order valence-electron chi connectivity index (χ3n) is 4.39. The summed E-state index contributed by atoms with van der Waals surface area (Å²) in [6, 6.07) is 8.04. The van der Waals surface area contributed by atoms with Crippen molar-refractivity contribution in [1.29, 1.82) is 0 Å². The highest BCUT2D eigenvalue weighted by atomic mass is 16.5. The molecule has 0 spiro atoms. The standard InChI is InChI=1S/C15H21NO2/c16-14-10-15(17,9-11-5-7-18-8-6-11)13-4-2-1-3-12(13)14/h1-4,11,14,17H,5-10,16H2. The first-order valence-corrected chi connectivity index (χ1v) is 6.84. The molecule has 2 atom stereocenters. The van der Waals surface area contributed by atoms with Crippen LogP contribution >= 0.6 is 0 Å². The molecule has 1 saturated heterocycles. The quantitative estimate of drug-likeness (QED) is 0.841. The third kappa shape index (κ3) is 2.07. The molecule has 0 amide bonds. The molecule has 0 bridgehead atoms. The minimum Gasteiger partial charge on any atom is -0.385 e. The van der Waals surface area contributed by atoms with Crippen molar-refractivity contribution in [3.05, 3.63) is 35.4 Å². The number of aliphatic hydroxyl groups is 1. The highest BCUT2D eigenvalue weighted by molar-refractivity contribution is 5.39. The van der Waals surface area contributed by atoms with E-state index in [2.05, 4.69) is 0 Å². The van der Waals surface area contributed by atoms with Crippen molar-refractivity contribution in [2.24, 2.45) is 11.7 Å². The van der Waals surface area contributed by atoms with Crippen LogP contribution in [0.1, 0.15) is 42.9 Å². The molecule has 1 fully saturated rings. The zero-order chi connectivity index (χ0) is 12.6. The van der Waals surface area contributed by atoms with Crippen LogP contribution in [-0.4, -0.2) is 18.3 Å². The molecule has 1 aliphatic heterocycles. The Morgan fingerprint density at radius 2 is 2.00 bits per heavy atom. The maximum absolute atomic E-state index is 10.9. The van der Waals surface area contributed by atoms with Crippen molar-refractivity contribution in [3.8, 4) is 0 Å². The third-order valence-corrected chi connectivity index (χ3v) is 4.39. The number of fused-ring (bicyclic) bond motifs is 1. The summed E-state index contributed by atoms with van der Waals surface area (Å²) in [6.45, 7) is 1.66. The molecule has 0 radical (unpaired) electrons. The van der Waals surface area contributed by atoms with Crippen LogP contribution in [-0.2, 0) is 10.3 Å². The molecule has 1 aliphatic carbocycles. The second-order valence-corrected chi connectivity index (χ2v) is 5.69. The summed E-state index contributed by atoms with van der Waals surface area (Å²) in [7, 11) is 0. The van der Waals surface area contributed by atoms with Crippen LogP contribution < -0.4 is 5.73 Å². The fourth-order valence-corrected chi connectivity index (χ4v) is 3.45. The van der Waals surface area contributed by atoms with Crippen LogP contribution in [0.25, 0.3) is 0 Å². The number of ether oxygens (including phenoxy) is 1. The Kier molecular flexibility index (Phi) is 3.14. The summed E-state index contributed by atoms with van der Waals surface area (Å²) in [5, 5.41) is 10.9. The minimum atomic E-state index is -0.724. The van der Waals surface area contributed by atoms with E-state index in [1.807, 2.05) is 24.3 Å². The monoisotopic (exact) mass is 247 g/mol. The Morgan fingerprint density at radius 1 is 1.28 bits per heavy atom. The maximum Gasteiger partial charge on any atom is 0.0920 e. The molecule has 3 nitrogen and oxygen atoms in total. The van der Waals surface area contributed by atoms with Crippen LogP contribution in [0.4, 0.5) is 0 Å². The van der Waals surface area contributed by atoms with Gasteiger partial charge in [-0.2, -0.15) is 0 Å². The van der Waals surface area contributed by atoms with Crippen LogP contribution in [0.15, 0.2) is 24.3 Å². The summed E-state index contributed by atoms with van der Waals surface area (Å²) in [4.78, 5) is 0. The number of hydrogen-bond acceptors (Lipinski definition) is 3. The molecule has 1 aromatic carbocycles. The van der Waals surface area contributed by atoms with Gasteiger partial charge in [0.1, 0.15) is 0 Å². The Bertz CT molecular complexity index is 428. The Hall–Kier alpha value is -0.900. The van der Waals surface area contributed by atoms with Crippen molar-refractivity contribution in [2.45, 2.75) is 37.3 Å². The summed E-state index contributed by atoms with van der Waals surface area (Å²) >= 11 is 0. The van der Waals surface area contributed by atoms with Gasteiger partial charge in [-0.1, -0.05) is 24.3 Å². The minimum absolute atomic E-state index is 0.0222. The summed E-state index contributed by atoms with van der Waals surface area (Å²) in [5.74, 6) is 0.558. The van der Waals surface area contributed by atoms with Crippen molar-refractivity contribution in [1.82, 2.24) is 0 Å². The van der Waals surface area contributed by atoms with E-state index >= 15 is 0 Å². The Morgan fingerprint density at radius 3 is 2.78 bits per heavy atom. The molecule has 18 heavy (non-hydrogen) atoms. The van der Waals surface area contributed by atoms with E-state index < -0.39 is 5.60 Å². The number of rotatable bonds is 2. The molecule has 1 heterocycles. The van der Waals surface area contributed by atoms with E-state index in [1.165, 1.54) is 0 Å². The molecule has 3 rings (SSSR count). The van der Waals surface area contributed by atoms with Crippen molar-refractivity contribution >= 4 is 0 Å². The number of hydrogen-bond donors (Lipinski definition) is 2. The molecule has 3 heteroatoms. The number of nitrogens with two attached hydrogens (primary N) is 1. The maximum atomic E-state index is 10.9.